The van der Waals surface area contributed by atoms with Crippen LogP contribution >= 0.6 is 12.4 Å². The highest BCUT2D eigenvalue weighted by Crippen LogP contribution is 2.40. The van der Waals surface area contributed by atoms with Crippen LogP contribution in [-0.2, 0) is 4.74 Å². The molecule has 1 saturated heterocycles. The number of hydrogen-bond donors (Lipinski definition) is 1. The van der Waals surface area contributed by atoms with E-state index in [1.165, 1.54) is 0 Å². The van der Waals surface area contributed by atoms with Crippen molar-refractivity contribution in [3.8, 4) is 17.2 Å². The summed E-state index contributed by atoms with van der Waals surface area (Å²) in [5.74, 6) is 1.64. The third-order valence-corrected chi connectivity index (χ3v) is 4.51. The lowest BCUT2D eigenvalue weighted by Gasteiger charge is -2.32. The third kappa shape index (κ3) is 4.72. The number of methoxy groups -OCH3 is 1. The summed E-state index contributed by atoms with van der Waals surface area (Å²) in [6, 6.07) is 3.46. The van der Waals surface area contributed by atoms with Gasteiger partial charge in [-0.1, -0.05) is 0 Å². The average Bonchev–Trinajstić information content (AvgIpc) is 2.67. The first kappa shape index (κ1) is 20.6. The molecule has 0 saturated carbocycles. The Labute approximate surface area is 160 Å². The zero-order valence-corrected chi connectivity index (χ0v) is 15.9. The second kappa shape index (κ2) is 9.85. The number of piperidine rings is 1. The van der Waals surface area contributed by atoms with Crippen LogP contribution in [0.25, 0.3) is 0 Å². The van der Waals surface area contributed by atoms with E-state index < -0.39 is 0 Å². The first-order valence-electron chi connectivity index (χ1n) is 8.81. The molecule has 1 amide bonds. The fraction of sp³-hybridized carbons (Fsp3) is 0.611. The quantitative estimate of drug-likeness (QED) is 0.751. The van der Waals surface area contributed by atoms with Crippen molar-refractivity contribution in [1.82, 2.24) is 4.90 Å². The van der Waals surface area contributed by atoms with Gasteiger partial charge >= 0.3 is 0 Å². The predicted octanol–water partition coefficient (Wildman–Crippen LogP) is 1.86. The first-order valence-corrected chi connectivity index (χ1v) is 8.81. The molecule has 3 rings (SSSR count). The Balaban J connectivity index is 0.00000243. The zero-order chi connectivity index (χ0) is 17.6. The van der Waals surface area contributed by atoms with Crippen LogP contribution in [0.1, 0.15) is 29.6 Å². The van der Waals surface area contributed by atoms with E-state index in [9.17, 15) is 4.79 Å². The van der Waals surface area contributed by atoms with E-state index in [1.54, 1.807) is 19.2 Å². The lowest BCUT2D eigenvalue weighted by molar-refractivity contribution is 0.00842. The summed E-state index contributed by atoms with van der Waals surface area (Å²) in [7, 11) is 1.56. The van der Waals surface area contributed by atoms with E-state index in [-0.39, 0.29) is 24.4 Å². The smallest absolute Gasteiger partial charge is 0.254 e. The molecule has 0 bridgehead atoms. The molecular formula is C18H27ClN2O5. The number of likely N-dealkylation sites (tertiary alicyclic amines) is 1. The summed E-state index contributed by atoms with van der Waals surface area (Å²) < 4.78 is 22.3. The van der Waals surface area contributed by atoms with Crippen LogP contribution in [-0.4, -0.2) is 63.5 Å². The highest BCUT2D eigenvalue weighted by molar-refractivity contribution is 5.95. The molecule has 0 atom stereocenters. The summed E-state index contributed by atoms with van der Waals surface area (Å²) in [4.78, 5) is 14.7. The van der Waals surface area contributed by atoms with Gasteiger partial charge in [0.2, 0.25) is 5.75 Å². The number of amides is 1. The lowest BCUT2D eigenvalue weighted by Crippen LogP contribution is -2.41. The zero-order valence-electron chi connectivity index (χ0n) is 15.1. The van der Waals surface area contributed by atoms with Gasteiger partial charge in [-0.15, -0.1) is 12.4 Å². The minimum atomic E-state index is -0.0179. The highest BCUT2D eigenvalue weighted by atomic mass is 35.5. The van der Waals surface area contributed by atoms with Gasteiger partial charge in [-0.05, 0) is 37.9 Å². The van der Waals surface area contributed by atoms with E-state index >= 15 is 0 Å². The normalized spacial score (nSPS) is 16.8. The second-order valence-electron chi connectivity index (χ2n) is 6.21. The average molecular weight is 387 g/mol. The number of ether oxygens (including phenoxy) is 4. The van der Waals surface area contributed by atoms with E-state index in [0.717, 1.165) is 19.3 Å². The van der Waals surface area contributed by atoms with Crippen LogP contribution < -0.4 is 19.9 Å². The molecule has 1 fully saturated rings. The predicted molar refractivity (Wildman–Crippen MR) is 99.8 cm³/mol. The Hall–Kier alpha value is -1.70. The Kier molecular flexibility index (Phi) is 7.81. The van der Waals surface area contributed by atoms with Crippen molar-refractivity contribution in [2.75, 3.05) is 46.6 Å². The number of carbonyl (C=O) groups excluding carboxylic acids is 1. The fourth-order valence-electron chi connectivity index (χ4n) is 3.14. The van der Waals surface area contributed by atoms with Gasteiger partial charge < -0.3 is 29.6 Å². The van der Waals surface area contributed by atoms with E-state index in [1.807, 2.05) is 4.90 Å². The van der Waals surface area contributed by atoms with E-state index in [0.29, 0.717) is 62.3 Å². The summed E-state index contributed by atoms with van der Waals surface area (Å²) in [6.45, 7) is 3.65. The van der Waals surface area contributed by atoms with Crippen LogP contribution in [0.4, 0.5) is 0 Å². The van der Waals surface area contributed by atoms with Gasteiger partial charge in [-0.25, -0.2) is 0 Å². The Morgan fingerprint density at radius 3 is 2.69 bits per heavy atom. The largest absolute Gasteiger partial charge is 0.493 e. The van der Waals surface area contributed by atoms with Crippen LogP contribution in [0, 0.1) is 0 Å². The van der Waals surface area contributed by atoms with Gasteiger partial charge in [-0.3, -0.25) is 4.79 Å². The fourth-order valence-corrected chi connectivity index (χ4v) is 3.14. The molecule has 0 aromatic heterocycles. The molecule has 1 aromatic rings. The number of hydrogen-bond acceptors (Lipinski definition) is 6. The maximum absolute atomic E-state index is 12.8. The molecular weight excluding hydrogens is 360 g/mol. The Bertz CT molecular complexity index is 588. The number of carbonyl (C=O) groups is 1. The number of halogens is 1. The first-order chi connectivity index (χ1) is 12.2. The summed E-state index contributed by atoms with van der Waals surface area (Å²) in [5, 5.41) is 0. The minimum absolute atomic E-state index is 0. The van der Waals surface area contributed by atoms with Gasteiger partial charge in [0.25, 0.3) is 5.91 Å². The standard InChI is InChI=1S/C18H26N2O5.ClH/c1-22-15-11-13(12-16-17(15)25-10-9-24-16)18(21)20-6-3-14(4-7-20)23-8-2-5-19;/h11-12,14H,2-10,19H2,1H3;1H. The van der Waals surface area contributed by atoms with Gasteiger partial charge in [0.15, 0.2) is 11.5 Å². The molecule has 26 heavy (non-hydrogen) atoms. The molecule has 146 valence electrons. The van der Waals surface area contributed by atoms with Crippen molar-refractivity contribution in [1.29, 1.82) is 0 Å². The topological polar surface area (TPSA) is 83.2 Å². The molecule has 2 N–H and O–H groups in total. The molecule has 7 nitrogen and oxygen atoms in total. The molecule has 0 aliphatic carbocycles. The van der Waals surface area contributed by atoms with Crippen molar-refractivity contribution in [3.63, 3.8) is 0 Å². The second-order valence-corrected chi connectivity index (χ2v) is 6.21. The number of nitrogens with two attached hydrogens (primary N) is 1. The van der Waals surface area contributed by atoms with Crippen molar-refractivity contribution < 1.29 is 23.7 Å². The molecule has 0 radical (unpaired) electrons. The number of fused-ring (bicyclic) bond motifs is 1. The number of benzene rings is 1. The third-order valence-electron chi connectivity index (χ3n) is 4.51. The van der Waals surface area contributed by atoms with E-state index in [2.05, 4.69) is 0 Å². The van der Waals surface area contributed by atoms with Gasteiger partial charge in [0, 0.05) is 25.3 Å². The summed E-state index contributed by atoms with van der Waals surface area (Å²) in [5.41, 5.74) is 6.04. The van der Waals surface area contributed by atoms with Crippen LogP contribution in [0.5, 0.6) is 17.2 Å². The van der Waals surface area contributed by atoms with Gasteiger partial charge in [0.05, 0.1) is 13.2 Å². The van der Waals surface area contributed by atoms with Crippen molar-refractivity contribution in [3.05, 3.63) is 17.7 Å². The monoisotopic (exact) mass is 386 g/mol. The van der Waals surface area contributed by atoms with Gasteiger partial charge in [-0.2, -0.15) is 0 Å². The van der Waals surface area contributed by atoms with Crippen molar-refractivity contribution in [2.24, 2.45) is 5.73 Å². The van der Waals surface area contributed by atoms with Gasteiger partial charge in [0.1, 0.15) is 13.2 Å². The molecule has 0 unspecified atom stereocenters. The molecule has 1 aromatic carbocycles. The van der Waals surface area contributed by atoms with Crippen LogP contribution in [0.3, 0.4) is 0 Å². The Morgan fingerprint density at radius 2 is 2.00 bits per heavy atom. The lowest BCUT2D eigenvalue weighted by atomic mass is 10.1. The molecule has 2 aliphatic heterocycles. The van der Waals surface area contributed by atoms with Crippen molar-refractivity contribution >= 4 is 18.3 Å². The molecule has 8 heteroatoms. The molecule has 2 heterocycles. The highest BCUT2D eigenvalue weighted by Gasteiger charge is 2.27. The van der Waals surface area contributed by atoms with E-state index in [4.69, 9.17) is 24.7 Å². The van der Waals surface area contributed by atoms with Crippen molar-refractivity contribution in [2.45, 2.75) is 25.4 Å². The SMILES string of the molecule is COc1cc(C(=O)N2CCC(OCCCN)CC2)cc2c1OCCO2.Cl. The maximum Gasteiger partial charge on any atom is 0.254 e. The summed E-state index contributed by atoms with van der Waals surface area (Å²) in [6.07, 6.45) is 2.77. The molecule has 0 spiro atoms. The summed E-state index contributed by atoms with van der Waals surface area (Å²) >= 11 is 0. The number of rotatable bonds is 6. The minimum Gasteiger partial charge on any atom is -0.493 e. The van der Waals surface area contributed by atoms with Crippen LogP contribution in [0.2, 0.25) is 0 Å². The molecule has 2 aliphatic rings. The number of nitrogens with zero attached hydrogens (tertiary/aromatic N) is 1. The van der Waals surface area contributed by atoms with Crippen LogP contribution in [0.15, 0.2) is 12.1 Å². The Morgan fingerprint density at radius 1 is 1.27 bits per heavy atom. The maximum atomic E-state index is 12.8.